The van der Waals surface area contributed by atoms with Crippen molar-refractivity contribution in [1.29, 1.82) is 0 Å². The first-order chi connectivity index (χ1) is 13.6. The lowest BCUT2D eigenvalue weighted by Crippen LogP contribution is -2.51. The maximum absolute atomic E-state index is 13.2. The molecular weight excluding hydrogens is 363 g/mol. The minimum atomic E-state index is -0.265. The van der Waals surface area contributed by atoms with Crippen LogP contribution >= 0.6 is 0 Å². The van der Waals surface area contributed by atoms with Crippen LogP contribution in [0.5, 0.6) is 0 Å². The number of furan rings is 1. The van der Waals surface area contributed by atoms with E-state index in [0.717, 1.165) is 11.5 Å². The topological polar surface area (TPSA) is 79.1 Å². The molecule has 1 fully saturated rings. The Kier molecular flexibility index (Phi) is 6.65. The van der Waals surface area contributed by atoms with Crippen LogP contribution < -0.4 is 10.6 Å². The Labute approximate surface area is 163 Å². The minimum Gasteiger partial charge on any atom is -0.459 e. The van der Waals surface area contributed by atoms with E-state index in [2.05, 4.69) is 20.5 Å². The van der Waals surface area contributed by atoms with E-state index in [1.54, 1.807) is 31.3 Å². The SMILES string of the molecule is CN=C(NCCNC(=O)c1ccco1)N1CC(C)OC(c2ccc(F)cc2)C1. The van der Waals surface area contributed by atoms with Gasteiger partial charge >= 0.3 is 0 Å². The first-order valence-electron chi connectivity index (χ1n) is 9.25. The number of benzene rings is 1. The molecule has 1 aliphatic rings. The fourth-order valence-electron chi connectivity index (χ4n) is 3.16. The molecule has 0 aliphatic carbocycles. The van der Waals surface area contributed by atoms with Gasteiger partial charge in [0.15, 0.2) is 11.7 Å². The molecule has 1 aromatic carbocycles. The predicted molar refractivity (Wildman–Crippen MR) is 104 cm³/mol. The zero-order valence-corrected chi connectivity index (χ0v) is 16.0. The standard InChI is InChI=1S/C20H25FN4O3/c1-14-12-25(13-18(28-14)15-5-7-16(21)8-6-15)20(22-2)24-10-9-23-19(26)17-4-3-11-27-17/h3-8,11,14,18H,9-10,12-13H2,1-2H3,(H,22,24)(H,23,26). The molecule has 0 bridgehead atoms. The fourth-order valence-corrected chi connectivity index (χ4v) is 3.16. The van der Waals surface area contributed by atoms with Crippen molar-refractivity contribution in [2.24, 2.45) is 4.99 Å². The number of amides is 1. The Bertz CT molecular complexity index is 792. The Morgan fingerprint density at radius 1 is 1.21 bits per heavy atom. The van der Waals surface area contributed by atoms with Crippen molar-refractivity contribution in [2.45, 2.75) is 19.1 Å². The molecular formula is C20H25FN4O3. The molecule has 2 heterocycles. The highest BCUT2D eigenvalue weighted by Crippen LogP contribution is 2.25. The number of nitrogens with zero attached hydrogens (tertiary/aromatic N) is 2. The van der Waals surface area contributed by atoms with Crippen molar-refractivity contribution in [3.05, 3.63) is 59.8 Å². The number of hydrogen-bond donors (Lipinski definition) is 2. The highest BCUT2D eigenvalue weighted by Gasteiger charge is 2.28. The highest BCUT2D eigenvalue weighted by molar-refractivity contribution is 5.91. The Morgan fingerprint density at radius 2 is 1.96 bits per heavy atom. The van der Waals surface area contributed by atoms with E-state index in [-0.39, 0.29) is 29.7 Å². The number of rotatable bonds is 5. The molecule has 8 heteroatoms. The lowest BCUT2D eigenvalue weighted by molar-refractivity contribution is -0.0604. The van der Waals surface area contributed by atoms with Crippen molar-refractivity contribution in [3.8, 4) is 0 Å². The van der Waals surface area contributed by atoms with Crippen LogP contribution in [0.25, 0.3) is 0 Å². The summed E-state index contributed by atoms with van der Waals surface area (Å²) in [4.78, 5) is 18.3. The molecule has 2 N–H and O–H groups in total. The van der Waals surface area contributed by atoms with E-state index in [9.17, 15) is 9.18 Å². The largest absolute Gasteiger partial charge is 0.459 e. The molecule has 2 atom stereocenters. The maximum Gasteiger partial charge on any atom is 0.287 e. The van der Waals surface area contributed by atoms with Crippen LogP contribution in [-0.4, -0.2) is 56.1 Å². The monoisotopic (exact) mass is 388 g/mol. The van der Waals surface area contributed by atoms with Gasteiger partial charge in [0, 0.05) is 26.7 Å². The summed E-state index contributed by atoms with van der Waals surface area (Å²) in [5.74, 6) is 0.500. The van der Waals surface area contributed by atoms with Crippen LogP contribution in [0.3, 0.4) is 0 Å². The summed E-state index contributed by atoms with van der Waals surface area (Å²) in [6.07, 6.45) is 1.30. The molecule has 1 amide bonds. The molecule has 28 heavy (non-hydrogen) atoms. The normalized spacial score (nSPS) is 20.1. The summed E-state index contributed by atoms with van der Waals surface area (Å²) in [5.41, 5.74) is 0.930. The van der Waals surface area contributed by atoms with Gasteiger partial charge in [0.25, 0.3) is 5.91 Å². The maximum atomic E-state index is 13.2. The van der Waals surface area contributed by atoms with Crippen LogP contribution in [0.2, 0.25) is 0 Å². The van der Waals surface area contributed by atoms with E-state index in [1.165, 1.54) is 18.4 Å². The van der Waals surface area contributed by atoms with Gasteiger partial charge in [0.2, 0.25) is 0 Å². The Hall–Kier alpha value is -2.87. The van der Waals surface area contributed by atoms with Crippen molar-refractivity contribution in [3.63, 3.8) is 0 Å². The summed E-state index contributed by atoms with van der Waals surface area (Å²) >= 11 is 0. The summed E-state index contributed by atoms with van der Waals surface area (Å²) in [6.45, 7) is 4.25. The smallest absolute Gasteiger partial charge is 0.287 e. The number of nitrogens with one attached hydrogen (secondary N) is 2. The summed E-state index contributed by atoms with van der Waals surface area (Å²) in [7, 11) is 1.72. The van der Waals surface area contributed by atoms with Crippen LogP contribution in [0.4, 0.5) is 4.39 Å². The van der Waals surface area contributed by atoms with Gasteiger partial charge in [0.05, 0.1) is 18.9 Å². The fraction of sp³-hybridized carbons (Fsp3) is 0.400. The van der Waals surface area contributed by atoms with Gasteiger partial charge < -0.3 is 24.7 Å². The molecule has 1 aromatic heterocycles. The third-order valence-electron chi connectivity index (χ3n) is 4.45. The van der Waals surface area contributed by atoms with Crippen molar-refractivity contribution < 1.29 is 18.3 Å². The zero-order valence-electron chi connectivity index (χ0n) is 16.0. The number of aliphatic imine (C=N–C) groups is 1. The number of guanidine groups is 1. The second-order valence-electron chi connectivity index (χ2n) is 6.60. The molecule has 2 unspecified atom stereocenters. The van der Waals surface area contributed by atoms with Crippen LogP contribution in [0.1, 0.15) is 29.1 Å². The molecule has 150 valence electrons. The molecule has 0 radical (unpaired) electrons. The second-order valence-corrected chi connectivity index (χ2v) is 6.60. The average Bonchev–Trinajstić information content (AvgIpc) is 3.23. The minimum absolute atomic E-state index is 0.000934. The lowest BCUT2D eigenvalue weighted by atomic mass is 10.1. The average molecular weight is 388 g/mol. The molecule has 0 spiro atoms. The first kappa shape index (κ1) is 19.9. The van der Waals surface area contributed by atoms with Gasteiger partial charge in [-0.05, 0) is 36.8 Å². The molecule has 3 rings (SSSR count). The summed E-state index contributed by atoms with van der Waals surface area (Å²) < 4.78 is 24.3. The molecule has 7 nitrogen and oxygen atoms in total. The number of morpholine rings is 1. The number of halogens is 1. The van der Waals surface area contributed by atoms with Crippen molar-refractivity contribution in [1.82, 2.24) is 15.5 Å². The molecule has 1 saturated heterocycles. The third-order valence-corrected chi connectivity index (χ3v) is 4.45. The van der Waals surface area contributed by atoms with Crippen molar-refractivity contribution in [2.75, 3.05) is 33.2 Å². The Balaban J connectivity index is 1.52. The van der Waals surface area contributed by atoms with Gasteiger partial charge in [-0.2, -0.15) is 0 Å². The van der Waals surface area contributed by atoms with Gasteiger partial charge in [-0.15, -0.1) is 0 Å². The number of ether oxygens (including phenoxy) is 1. The van der Waals surface area contributed by atoms with E-state index < -0.39 is 0 Å². The van der Waals surface area contributed by atoms with E-state index in [4.69, 9.17) is 9.15 Å². The quantitative estimate of drug-likeness (QED) is 0.466. The molecule has 0 saturated carbocycles. The number of carbonyl (C=O) groups is 1. The van der Waals surface area contributed by atoms with Gasteiger partial charge in [-0.3, -0.25) is 9.79 Å². The zero-order chi connectivity index (χ0) is 19.9. The van der Waals surface area contributed by atoms with Crippen molar-refractivity contribution >= 4 is 11.9 Å². The van der Waals surface area contributed by atoms with E-state index >= 15 is 0 Å². The molecule has 2 aromatic rings. The number of hydrogen-bond acceptors (Lipinski definition) is 4. The third kappa shape index (κ3) is 5.10. The van der Waals surface area contributed by atoms with Crippen LogP contribution in [0, 0.1) is 5.82 Å². The van der Waals surface area contributed by atoms with Gasteiger partial charge in [-0.25, -0.2) is 4.39 Å². The van der Waals surface area contributed by atoms with Gasteiger partial charge in [0.1, 0.15) is 11.9 Å². The molecule has 1 aliphatic heterocycles. The van der Waals surface area contributed by atoms with E-state index in [1.807, 2.05) is 6.92 Å². The number of carbonyl (C=O) groups excluding carboxylic acids is 1. The first-order valence-corrected chi connectivity index (χ1v) is 9.25. The van der Waals surface area contributed by atoms with Gasteiger partial charge in [-0.1, -0.05) is 12.1 Å². The predicted octanol–water partition coefficient (Wildman–Crippen LogP) is 2.19. The van der Waals surface area contributed by atoms with Crippen LogP contribution in [0.15, 0.2) is 52.1 Å². The van der Waals surface area contributed by atoms with E-state index in [0.29, 0.717) is 26.2 Å². The Morgan fingerprint density at radius 3 is 2.64 bits per heavy atom. The van der Waals surface area contributed by atoms with Crippen LogP contribution in [-0.2, 0) is 4.74 Å². The summed E-state index contributed by atoms with van der Waals surface area (Å²) in [5, 5.41) is 6.04. The lowest BCUT2D eigenvalue weighted by Gasteiger charge is -2.38. The second kappa shape index (κ2) is 9.36. The highest BCUT2D eigenvalue weighted by atomic mass is 19.1. The summed E-state index contributed by atoms with van der Waals surface area (Å²) in [6, 6.07) is 9.67.